The fourth-order valence-corrected chi connectivity index (χ4v) is 1.18. The first-order valence-corrected chi connectivity index (χ1v) is 4.27. The lowest BCUT2D eigenvalue weighted by Gasteiger charge is -2.09. The predicted molar refractivity (Wildman–Crippen MR) is 51.9 cm³/mol. The summed E-state index contributed by atoms with van der Waals surface area (Å²) >= 11 is 0. The summed E-state index contributed by atoms with van der Waals surface area (Å²) < 4.78 is 37.5. The number of allylic oxidation sites excluding steroid dienone is 1. The van der Waals surface area contributed by atoms with Gasteiger partial charge in [0.15, 0.2) is 6.29 Å². The average Bonchev–Trinajstić information content (AvgIpc) is 2.24. The number of rotatable bonds is 3. The van der Waals surface area contributed by atoms with Crippen molar-refractivity contribution in [2.24, 2.45) is 0 Å². The molecule has 0 heterocycles. The summed E-state index contributed by atoms with van der Waals surface area (Å²) in [5, 5.41) is 0. The van der Waals surface area contributed by atoms with Crippen LogP contribution in [0.15, 0.2) is 24.3 Å². The van der Waals surface area contributed by atoms with E-state index < -0.39 is 17.3 Å². The standard InChI is InChI=1S/C11H7F3O2/c12-11(13,14)10-6-8(2-1-5-15)3-4-9(10)7-16/h1-7H. The van der Waals surface area contributed by atoms with Gasteiger partial charge in [0.1, 0.15) is 6.29 Å². The molecule has 84 valence electrons. The van der Waals surface area contributed by atoms with Crippen LogP contribution in [0.2, 0.25) is 0 Å². The summed E-state index contributed by atoms with van der Waals surface area (Å²) in [5.74, 6) is 0. The second-order valence-electron chi connectivity index (χ2n) is 2.96. The number of carbonyl (C=O) groups excluding carboxylic acids is 2. The largest absolute Gasteiger partial charge is 0.417 e. The van der Waals surface area contributed by atoms with E-state index in [0.717, 1.165) is 18.2 Å². The van der Waals surface area contributed by atoms with Crippen molar-refractivity contribution >= 4 is 18.6 Å². The normalized spacial score (nSPS) is 11.7. The van der Waals surface area contributed by atoms with E-state index in [4.69, 9.17) is 0 Å². The second-order valence-corrected chi connectivity index (χ2v) is 2.96. The van der Waals surface area contributed by atoms with Gasteiger partial charge >= 0.3 is 6.18 Å². The van der Waals surface area contributed by atoms with Gasteiger partial charge in [-0.15, -0.1) is 0 Å². The molecule has 0 saturated carbocycles. The molecule has 1 aromatic carbocycles. The maximum Gasteiger partial charge on any atom is 0.417 e. The van der Waals surface area contributed by atoms with Gasteiger partial charge in [-0.2, -0.15) is 13.2 Å². The zero-order chi connectivity index (χ0) is 12.2. The molecule has 0 aliphatic rings. The van der Waals surface area contributed by atoms with Crippen LogP contribution in [0.5, 0.6) is 0 Å². The topological polar surface area (TPSA) is 34.1 Å². The summed E-state index contributed by atoms with van der Waals surface area (Å²) in [7, 11) is 0. The van der Waals surface area contributed by atoms with Crippen molar-refractivity contribution in [2.75, 3.05) is 0 Å². The molecule has 5 heteroatoms. The molecule has 2 nitrogen and oxygen atoms in total. The van der Waals surface area contributed by atoms with Crippen LogP contribution in [0.4, 0.5) is 13.2 Å². The van der Waals surface area contributed by atoms with E-state index in [0.29, 0.717) is 6.29 Å². The summed E-state index contributed by atoms with van der Waals surface area (Å²) in [6.45, 7) is 0. The fourth-order valence-electron chi connectivity index (χ4n) is 1.18. The summed E-state index contributed by atoms with van der Waals surface area (Å²) in [6, 6.07) is 3.23. The van der Waals surface area contributed by atoms with E-state index in [9.17, 15) is 22.8 Å². The van der Waals surface area contributed by atoms with E-state index in [1.54, 1.807) is 0 Å². The monoisotopic (exact) mass is 228 g/mol. The van der Waals surface area contributed by atoms with Crippen molar-refractivity contribution in [3.8, 4) is 0 Å². The molecule has 0 aliphatic heterocycles. The molecule has 0 unspecified atom stereocenters. The van der Waals surface area contributed by atoms with Gasteiger partial charge in [-0.1, -0.05) is 18.2 Å². The van der Waals surface area contributed by atoms with Crippen LogP contribution in [0.1, 0.15) is 21.5 Å². The second kappa shape index (κ2) is 4.74. The molecular weight excluding hydrogens is 221 g/mol. The maximum absolute atomic E-state index is 12.5. The Kier molecular flexibility index (Phi) is 3.60. The predicted octanol–water partition coefficient (Wildman–Crippen LogP) is 2.73. The van der Waals surface area contributed by atoms with E-state index >= 15 is 0 Å². The lowest BCUT2D eigenvalue weighted by Crippen LogP contribution is -2.09. The van der Waals surface area contributed by atoms with Gasteiger partial charge in [-0.25, -0.2) is 0 Å². The Labute approximate surface area is 89.4 Å². The molecule has 0 aromatic heterocycles. The molecule has 0 amide bonds. The molecule has 0 spiro atoms. The minimum atomic E-state index is -4.58. The van der Waals surface area contributed by atoms with Gasteiger partial charge < -0.3 is 0 Å². The molecule has 1 aromatic rings. The van der Waals surface area contributed by atoms with Crippen molar-refractivity contribution in [3.63, 3.8) is 0 Å². The first kappa shape index (κ1) is 12.2. The number of halogens is 3. The lowest BCUT2D eigenvalue weighted by molar-refractivity contribution is -0.137. The smallest absolute Gasteiger partial charge is 0.299 e. The number of hydrogen-bond donors (Lipinski definition) is 0. The highest BCUT2D eigenvalue weighted by Gasteiger charge is 2.33. The van der Waals surface area contributed by atoms with Gasteiger partial charge in [-0.3, -0.25) is 9.59 Å². The Hall–Kier alpha value is -1.91. The molecule has 16 heavy (non-hydrogen) atoms. The van der Waals surface area contributed by atoms with Crippen LogP contribution in [-0.2, 0) is 11.0 Å². The van der Waals surface area contributed by atoms with Crippen LogP contribution < -0.4 is 0 Å². The van der Waals surface area contributed by atoms with Crippen molar-refractivity contribution in [1.82, 2.24) is 0 Å². The van der Waals surface area contributed by atoms with Crippen LogP contribution in [0, 0.1) is 0 Å². The number of carbonyl (C=O) groups is 2. The molecular formula is C11H7F3O2. The number of aldehydes is 2. The molecule has 1 rings (SSSR count). The first-order chi connectivity index (χ1) is 7.49. The van der Waals surface area contributed by atoms with E-state index in [2.05, 4.69) is 0 Å². The van der Waals surface area contributed by atoms with Crippen molar-refractivity contribution in [3.05, 3.63) is 41.0 Å². The van der Waals surface area contributed by atoms with Crippen LogP contribution in [-0.4, -0.2) is 12.6 Å². The number of alkyl halides is 3. The van der Waals surface area contributed by atoms with E-state index in [1.165, 1.54) is 12.1 Å². The lowest BCUT2D eigenvalue weighted by atomic mass is 10.0. The molecule has 0 saturated heterocycles. The highest BCUT2D eigenvalue weighted by atomic mass is 19.4. The van der Waals surface area contributed by atoms with Crippen LogP contribution in [0.3, 0.4) is 0 Å². The Balaban J connectivity index is 3.26. The summed E-state index contributed by atoms with van der Waals surface area (Å²) in [4.78, 5) is 20.4. The molecule has 0 bridgehead atoms. The van der Waals surface area contributed by atoms with Gasteiger partial charge in [0, 0.05) is 5.56 Å². The highest BCUT2D eigenvalue weighted by molar-refractivity contribution is 5.79. The van der Waals surface area contributed by atoms with Crippen molar-refractivity contribution in [1.29, 1.82) is 0 Å². The molecule has 0 radical (unpaired) electrons. The van der Waals surface area contributed by atoms with Crippen LogP contribution in [0.25, 0.3) is 6.08 Å². The summed E-state index contributed by atoms with van der Waals surface area (Å²) in [6.07, 6.45) is -1.66. The zero-order valence-electron chi connectivity index (χ0n) is 7.99. The molecule has 0 atom stereocenters. The van der Waals surface area contributed by atoms with Crippen LogP contribution >= 0.6 is 0 Å². The van der Waals surface area contributed by atoms with Gasteiger partial charge in [0.25, 0.3) is 0 Å². The minimum absolute atomic E-state index is 0.149. The fraction of sp³-hybridized carbons (Fsp3) is 0.0909. The van der Waals surface area contributed by atoms with Gasteiger partial charge in [-0.05, 0) is 17.7 Å². The Morgan fingerprint density at radius 3 is 2.31 bits per heavy atom. The highest BCUT2D eigenvalue weighted by Crippen LogP contribution is 2.32. The Bertz CT molecular complexity index is 433. The summed E-state index contributed by atoms with van der Waals surface area (Å²) in [5.41, 5.74) is -1.21. The third-order valence-corrected chi connectivity index (χ3v) is 1.88. The van der Waals surface area contributed by atoms with Gasteiger partial charge in [0.2, 0.25) is 0 Å². The van der Waals surface area contributed by atoms with Gasteiger partial charge in [0.05, 0.1) is 5.56 Å². The SMILES string of the molecule is O=CC=Cc1ccc(C=O)c(C(F)(F)F)c1. The quantitative estimate of drug-likeness (QED) is 0.588. The molecule has 0 fully saturated rings. The maximum atomic E-state index is 12.5. The van der Waals surface area contributed by atoms with Crippen molar-refractivity contribution in [2.45, 2.75) is 6.18 Å². The first-order valence-electron chi connectivity index (χ1n) is 4.27. The minimum Gasteiger partial charge on any atom is -0.299 e. The number of hydrogen-bond acceptors (Lipinski definition) is 2. The zero-order valence-corrected chi connectivity index (χ0v) is 7.99. The van der Waals surface area contributed by atoms with E-state index in [-0.39, 0.29) is 11.8 Å². The Morgan fingerprint density at radius 1 is 1.12 bits per heavy atom. The number of benzene rings is 1. The van der Waals surface area contributed by atoms with E-state index in [1.807, 2.05) is 0 Å². The molecule has 0 N–H and O–H groups in total. The third kappa shape index (κ3) is 2.79. The Morgan fingerprint density at radius 2 is 1.81 bits per heavy atom. The van der Waals surface area contributed by atoms with Crippen molar-refractivity contribution < 1.29 is 22.8 Å². The average molecular weight is 228 g/mol. The third-order valence-electron chi connectivity index (χ3n) is 1.88. The molecule has 0 aliphatic carbocycles.